The van der Waals surface area contributed by atoms with Crippen LogP contribution in [0.15, 0.2) is 135 Å². The number of sulfone groups is 2. The summed E-state index contributed by atoms with van der Waals surface area (Å²) < 4.78 is 151. The lowest BCUT2D eigenvalue weighted by Crippen LogP contribution is -2.46. The third-order valence-electron chi connectivity index (χ3n) is 13.9. The average Bonchev–Trinajstić information content (AvgIpc) is 3.93. The van der Waals surface area contributed by atoms with Crippen LogP contribution in [0.3, 0.4) is 0 Å². The summed E-state index contributed by atoms with van der Waals surface area (Å²) in [6.07, 6.45) is 3.52. The topological polar surface area (TPSA) is 150 Å². The highest BCUT2D eigenvalue weighted by molar-refractivity contribution is 7.99. The van der Waals surface area contributed by atoms with E-state index in [1.54, 1.807) is 37.3 Å². The molecule has 2 aliphatic heterocycles. The highest BCUT2D eigenvalue weighted by atomic mass is 35.5. The van der Waals surface area contributed by atoms with Crippen molar-refractivity contribution in [3.63, 3.8) is 0 Å². The van der Waals surface area contributed by atoms with Crippen LogP contribution in [0.1, 0.15) is 58.7 Å². The number of hydrogen-bond acceptors (Lipinski definition) is 12. The number of piperazine rings is 1. The Hall–Kier alpha value is -5.29. The van der Waals surface area contributed by atoms with E-state index in [-0.39, 0.29) is 34.5 Å². The van der Waals surface area contributed by atoms with Gasteiger partial charge in [-0.2, -0.15) is 13.2 Å². The van der Waals surface area contributed by atoms with Crippen molar-refractivity contribution < 1.29 is 47.6 Å². The zero-order valence-corrected chi connectivity index (χ0v) is 48.2. The number of benzene rings is 5. The van der Waals surface area contributed by atoms with Crippen molar-refractivity contribution in [1.29, 1.82) is 0 Å². The molecule has 1 aromatic heterocycles. The van der Waals surface area contributed by atoms with E-state index in [1.165, 1.54) is 36.0 Å². The third-order valence-corrected chi connectivity index (χ3v) is 19.5. The summed E-state index contributed by atoms with van der Waals surface area (Å²) in [4.78, 5) is 5.46. The first-order valence-corrected chi connectivity index (χ1v) is 31.9. The number of alkyl halides is 3. The molecule has 5 aromatic carbocycles. The van der Waals surface area contributed by atoms with E-state index in [4.69, 9.17) is 16.3 Å². The van der Waals surface area contributed by atoms with Gasteiger partial charge in [0.2, 0.25) is 0 Å². The first-order chi connectivity index (χ1) is 36.8. The van der Waals surface area contributed by atoms with Gasteiger partial charge in [0.25, 0.3) is 19.9 Å². The molecule has 2 N–H and O–H groups in total. The van der Waals surface area contributed by atoms with Gasteiger partial charge in [0.15, 0.2) is 9.84 Å². The molecule has 0 spiro atoms. The Morgan fingerprint density at radius 1 is 0.756 bits per heavy atom. The SMILES string of the molecule is Cc1c(S(C)(=O)=O)c(-c2cc(F)cc(N3CCN(c4ccc(NS(=O)(=O)c5ccc(N[C@H](CCN6CCC(OC(C)C)CC6)CSc6ccccc6)c(S(=O)(=O)C(F)(F)F)c5)cc4)CC3)c2)c(-c2ccc(Cl)cc2)n1C(C)C. The number of rotatable bonds is 20. The second-order valence-corrected chi connectivity index (χ2v) is 27.4. The van der Waals surface area contributed by atoms with Gasteiger partial charge >= 0.3 is 5.51 Å². The normalized spacial score (nSPS) is 15.8. The molecule has 8 rings (SSSR count). The summed E-state index contributed by atoms with van der Waals surface area (Å²) in [6, 6.07) is 29.5. The Morgan fingerprint density at radius 2 is 1.38 bits per heavy atom. The lowest BCUT2D eigenvalue weighted by atomic mass is 9.99. The minimum absolute atomic E-state index is 0.0814. The van der Waals surface area contributed by atoms with Crippen molar-refractivity contribution in [2.45, 2.75) is 103 Å². The van der Waals surface area contributed by atoms with Crippen LogP contribution in [0.25, 0.3) is 22.4 Å². The Labute approximate surface area is 465 Å². The van der Waals surface area contributed by atoms with Crippen molar-refractivity contribution in [2.24, 2.45) is 0 Å². The van der Waals surface area contributed by atoms with Crippen molar-refractivity contribution in [1.82, 2.24) is 9.47 Å². The summed E-state index contributed by atoms with van der Waals surface area (Å²) in [5.41, 5.74) is -2.06. The number of sulfonamides is 1. The molecular weight excluding hydrogens is 1110 g/mol. The number of nitrogens with zero attached hydrogens (tertiary/aromatic N) is 4. The summed E-state index contributed by atoms with van der Waals surface area (Å²) in [6.45, 7) is 13.6. The van der Waals surface area contributed by atoms with Crippen molar-refractivity contribution in [2.75, 3.05) is 77.7 Å². The number of hydrogen-bond donors (Lipinski definition) is 2. The minimum Gasteiger partial charge on any atom is -0.380 e. The van der Waals surface area contributed by atoms with E-state index in [0.717, 1.165) is 60.5 Å². The van der Waals surface area contributed by atoms with E-state index in [2.05, 4.69) is 19.8 Å². The molecule has 1 atom stereocenters. The van der Waals surface area contributed by atoms with Crippen LogP contribution in [-0.4, -0.2) is 116 Å². The van der Waals surface area contributed by atoms with Crippen LogP contribution in [0, 0.1) is 12.7 Å². The second kappa shape index (κ2) is 24.2. The van der Waals surface area contributed by atoms with Crippen LogP contribution in [0.2, 0.25) is 5.02 Å². The molecule has 22 heteroatoms. The fourth-order valence-corrected chi connectivity index (χ4v) is 14.7. The Morgan fingerprint density at radius 3 is 1.97 bits per heavy atom. The number of anilines is 4. The van der Waals surface area contributed by atoms with Gasteiger partial charge in [-0.25, -0.2) is 29.6 Å². The van der Waals surface area contributed by atoms with Gasteiger partial charge in [-0.15, -0.1) is 11.8 Å². The molecule has 0 amide bonds. The smallest absolute Gasteiger partial charge is 0.380 e. The molecule has 420 valence electrons. The highest BCUT2D eigenvalue weighted by Crippen LogP contribution is 2.45. The lowest BCUT2D eigenvalue weighted by molar-refractivity contribution is -0.0436. The summed E-state index contributed by atoms with van der Waals surface area (Å²) in [7, 11) is -14.5. The maximum atomic E-state index is 15.8. The van der Waals surface area contributed by atoms with E-state index < -0.39 is 56.9 Å². The van der Waals surface area contributed by atoms with Crippen LogP contribution in [0.5, 0.6) is 0 Å². The number of aromatic nitrogens is 1. The maximum absolute atomic E-state index is 15.8. The molecule has 0 radical (unpaired) electrons. The molecule has 13 nitrogen and oxygen atoms in total. The Balaban J connectivity index is 0.977. The Bertz CT molecular complexity index is 3410. The van der Waals surface area contributed by atoms with E-state index in [9.17, 15) is 38.4 Å². The predicted molar refractivity (Wildman–Crippen MR) is 305 cm³/mol. The van der Waals surface area contributed by atoms with Crippen LogP contribution >= 0.6 is 23.4 Å². The van der Waals surface area contributed by atoms with Gasteiger partial charge in [-0.3, -0.25) is 4.72 Å². The molecule has 3 heterocycles. The van der Waals surface area contributed by atoms with Gasteiger partial charge < -0.3 is 29.3 Å². The molecule has 0 aliphatic carbocycles. The number of likely N-dealkylation sites (tertiary alicyclic amines) is 1. The molecule has 2 aliphatic rings. The molecule has 0 unspecified atom stereocenters. The van der Waals surface area contributed by atoms with E-state index >= 15 is 4.39 Å². The molecule has 0 bridgehead atoms. The zero-order chi connectivity index (χ0) is 56.3. The number of halogens is 5. The number of nitrogens with one attached hydrogen (secondary N) is 2. The van der Waals surface area contributed by atoms with E-state index in [1.807, 2.05) is 79.6 Å². The van der Waals surface area contributed by atoms with Gasteiger partial charge in [-0.05, 0) is 150 Å². The number of ether oxygens (including phenoxy) is 1. The fourth-order valence-electron chi connectivity index (χ4n) is 10.3. The van der Waals surface area contributed by atoms with Gasteiger partial charge in [0.05, 0.1) is 33.4 Å². The van der Waals surface area contributed by atoms with Gasteiger partial charge in [0, 0.05) is 108 Å². The average molecular weight is 1170 g/mol. The van der Waals surface area contributed by atoms with Crippen molar-refractivity contribution >= 4 is 75.8 Å². The maximum Gasteiger partial charge on any atom is 0.501 e. The summed E-state index contributed by atoms with van der Waals surface area (Å²) >= 11 is 7.72. The van der Waals surface area contributed by atoms with Crippen LogP contribution < -0.4 is 19.8 Å². The molecular formula is C56H65ClF4N6O7S4. The monoisotopic (exact) mass is 1170 g/mol. The molecule has 2 fully saturated rings. The van der Waals surface area contributed by atoms with E-state index in [0.29, 0.717) is 84.2 Å². The Kier molecular flexibility index (Phi) is 18.3. The highest BCUT2D eigenvalue weighted by Gasteiger charge is 2.48. The van der Waals surface area contributed by atoms with Gasteiger partial charge in [-0.1, -0.05) is 41.9 Å². The summed E-state index contributed by atoms with van der Waals surface area (Å²) in [5.74, 6) is -0.168. The lowest BCUT2D eigenvalue weighted by Gasteiger charge is -2.37. The quantitative estimate of drug-likeness (QED) is 0.0553. The molecule has 6 aromatic rings. The first-order valence-electron chi connectivity index (χ1n) is 25.7. The van der Waals surface area contributed by atoms with Crippen molar-refractivity contribution in [3.05, 3.63) is 132 Å². The largest absolute Gasteiger partial charge is 0.501 e. The first kappa shape index (κ1) is 58.8. The number of piperidine rings is 1. The van der Waals surface area contributed by atoms with Crippen LogP contribution in [-0.2, 0) is 34.4 Å². The fraction of sp³-hybridized carbons (Fsp3) is 0.393. The zero-order valence-electron chi connectivity index (χ0n) is 44.2. The standard InChI is InChI=1S/C56H65ClF4N6O7S4/c1-37(2)67-39(5)55(76(6,68)69)53(54(67)40-12-14-42(57)15-13-40)41-32-43(58)34-47(33-41)66-30-28-65(29-31-66)46-18-16-44(17-19-46)63-78(72,73)50-20-21-51(52(35-50)77(70,71)56(59,60)61)62-45(36-75-49-10-8-7-9-11-49)22-25-64-26-23-48(24-27-64)74-38(3)4/h7-21,32-35,37-38,45,48,62-63H,22-31,36H2,1-6H3/t45-/m1/s1. The molecule has 2 saturated heterocycles. The molecule has 0 saturated carbocycles. The second-order valence-electron chi connectivity index (χ2n) is 20.3. The minimum atomic E-state index is -6.05. The van der Waals surface area contributed by atoms with Crippen LogP contribution in [0.4, 0.5) is 40.3 Å². The van der Waals surface area contributed by atoms with Gasteiger partial charge in [0.1, 0.15) is 10.7 Å². The number of thioether (sulfide) groups is 1. The third kappa shape index (κ3) is 13.8. The van der Waals surface area contributed by atoms with Crippen molar-refractivity contribution in [3.8, 4) is 22.4 Å². The molecule has 78 heavy (non-hydrogen) atoms. The predicted octanol–water partition coefficient (Wildman–Crippen LogP) is 12.2. The summed E-state index contributed by atoms with van der Waals surface area (Å²) in [5, 5.41) is 3.58.